The number of ether oxygens (including phenoxy) is 1. The number of hydrogen-bond acceptors (Lipinski definition) is 3. The van der Waals surface area contributed by atoms with Crippen LogP contribution in [0.4, 0.5) is 0 Å². The molecule has 1 atom stereocenters. The third-order valence-electron chi connectivity index (χ3n) is 3.31. The van der Waals surface area contributed by atoms with Crippen LogP contribution in [0.15, 0.2) is 24.3 Å². The Balaban J connectivity index is 2.04. The lowest BCUT2D eigenvalue weighted by Gasteiger charge is -2.30. The molecule has 3 nitrogen and oxygen atoms in total. The summed E-state index contributed by atoms with van der Waals surface area (Å²) in [6.45, 7) is 2.77. The Morgan fingerprint density at radius 1 is 1.47 bits per heavy atom. The molecule has 2 rings (SSSR count). The lowest BCUT2D eigenvalue weighted by molar-refractivity contribution is 0.201. The summed E-state index contributed by atoms with van der Waals surface area (Å²) in [6.07, 6.45) is 2.52. The van der Waals surface area contributed by atoms with Gasteiger partial charge in [0.1, 0.15) is 12.4 Å². The van der Waals surface area contributed by atoms with E-state index in [1.54, 1.807) is 0 Å². The highest BCUT2D eigenvalue weighted by Crippen LogP contribution is 2.28. The lowest BCUT2D eigenvalue weighted by atomic mass is 9.91. The van der Waals surface area contributed by atoms with E-state index in [1.807, 2.05) is 12.1 Å². The van der Waals surface area contributed by atoms with Crippen molar-refractivity contribution in [2.45, 2.75) is 18.8 Å². The molecule has 1 saturated heterocycles. The molecule has 1 N–H and O–H groups in total. The van der Waals surface area contributed by atoms with E-state index in [2.05, 4.69) is 24.1 Å². The van der Waals surface area contributed by atoms with Gasteiger partial charge in [-0.05, 0) is 50.0 Å². The molecule has 3 heteroatoms. The van der Waals surface area contributed by atoms with Crippen molar-refractivity contribution in [1.82, 2.24) is 4.90 Å². The summed E-state index contributed by atoms with van der Waals surface area (Å²) in [4.78, 5) is 2.38. The molecule has 1 aliphatic heterocycles. The van der Waals surface area contributed by atoms with E-state index in [4.69, 9.17) is 9.84 Å². The van der Waals surface area contributed by atoms with E-state index in [-0.39, 0.29) is 6.61 Å². The summed E-state index contributed by atoms with van der Waals surface area (Å²) >= 11 is 0. The second kappa shape index (κ2) is 6.03. The average Bonchev–Trinajstić information content (AvgIpc) is 2.37. The summed E-state index contributed by atoms with van der Waals surface area (Å²) in [5.41, 5.74) is 1.35. The Morgan fingerprint density at radius 2 is 2.35 bits per heavy atom. The number of rotatable bonds is 4. The molecule has 0 radical (unpaired) electrons. The van der Waals surface area contributed by atoms with Gasteiger partial charge in [-0.15, -0.1) is 0 Å². The zero-order chi connectivity index (χ0) is 12.1. The van der Waals surface area contributed by atoms with E-state index >= 15 is 0 Å². The monoisotopic (exact) mass is 235 g/mol. The van der Waals surface area contributed by atoms with Gasteiger partial charge >= 0.3 is 0 Å². The zero-order valence-corrected chi connectivity index (χ0v) is 10.4. The Bertz CT molecular complexity index is 354. The van der Waals surface area contributed by atoms with Crippen molar-refractivity contribution in [3.63, 3.8) is 0 Å². The molecule has 1 aromatic carbocycles. The van der Waals surface area contributed by atoms with E-state index in [0.29, 0.717) is 12.5 Å². The van der Waals surface area contributed by atoms with Crippen molar-refractivity contribution in [3.8, 4) is 5.75 Å². The Kier molecular flexibility index (Phi) is 4.40. The molecule has 0 aliphatic carbocycles. The molecule has 0 saturated carbocycles. The van der Waals surface area contributed by atoms with Gasteiger partial charge in [0.2, 0.25) is 0 Å². The number of piperidine rings is 1. The number of aliphatic hydroxyl groups excluding tert-OH is 1. The van der Waals surface area contributed by atoms with Crippen LogP contribution in [0.1, 0.15) is 24.3 Å². The van der Waals surface area contributed by atoms with Gasteiger partial charge in [0.05, 0.1) is 6.61 Å². The summed E-state index contributed by atoms with van der Waals surface area (Å²) in [7, 11) is 2.18. The Morgan fingerprint density at radius 3 is 3.12 bits per heavy atom. The van der Waals surface area contributed by atoms with Crippen molar-refractivity contribution in [3.05, 3.63) is 29.8 Å². The molecule has 0 spiro atoms. The minimum atomic E-state index is 0.0659. The standard InChI is InChI=1S/C14H21NO2/c1-15-7-3-5-13(11-15)12-4-2-6-14(10-12)17-9-8-16/h2,4,6,10,13,16H,3,5,7-9,11H2,1H3. The maximum absolute atomic E-state index is 8.75. The maximum Gasteiger partial charge on any atom is 0.119 e. The van der Waals surface area contributed by atoms with Crippen LogP contribution in [-0.4, -0.2) is 43.4 Å². The quantitative estimate of drug-likeness (QED) is 0.864. The Labute approximate surface area is 103 Å². The average molecular weight is 235 g/mol. The van der Waals surface area contributed by atoms with Gasteiger partial charge in [-0.3, -0.25) is 0 Å². The number of benzene rings is 1. The highest BCUT2D eigenvalue weighted by Gasteiger charge is 2.18. The van der Waals surface area contributed by atoms with Crippen LogP contribution in [0.25, 0.3) is 0 Å². The van der Waals surface area contributed by atoms with Crippen LogP contribution in [0.5, 0.6) is 5.75 Å². The SMILES string of the molecule is CN1CCCC(c2cccc(OCCO)c2)C1. The maximum atomic E-state index is 8.75. The van der Waals surface area contributed by atoms with Gasteiger partial charge in [0, 0.05) is 6.54 Å². The summed E-state index contributed by atoms with van der Waals surface area (Å²) < 4.78 is 5.45. The summed E-state index contributed by atoms with van der Waals surface area (Å²) in [5.74, 6) is 1.48. The number of likely N-dealkylation sites (tertiary alicyclic amines) is 1. The van der Waals surface area contributed by atoms with Gasteiger partial charge in [0.25, 0.3) is 0 Å². The molecule has 1 heterocycles. The lowest BCUT2D eigenvalue weighted by Crippen LogP contribution is -2.30. The molecule has 17 heavy (non-hydrogen) atoms. The molecule has 1 aliphatic rings. The minimum absolute atomic E-state index is 0.0659. The molecule has 1 unspecified atom stereocenters. The second-order valence-electron chi connectivity index (χ2n) is 4.75. The van der Waals surface area contributed by atoms with Crippen LogP contribution in [0.3, 0.4) is 0 Å². The molecular formula is C14H21NO2. The summed E-state index contributed by atoms with van der Waals surface area (Å²) in [5, 5.41) is 8.75. The fourth-order valence-corrected chi connectivity index (χ4v) is 2.46. The van der Waals surface area contributed by atoms with Crippen molar-refractivity contribution in [1.29, 1.82) is 0 Å². The molecular weight excluding hydrogens is 214 g/mol. The fourth-order valence-electron chi connectivity index (χ4n) is 2.46. The normalized spacial score (nSPS) is 21.4. The van der Waals surface area contributed by atoms with Crippen molar-refractivity contribution < 1.29 is 9.84 Å². The van der Waals surface area contributed by atoms with Gasteiger partial charge in [0.15, 0.2) is 0 Å². The molecule has 1 fully saturated rings. The van der Waals surface area contributed by atoms with Gasteiger partial charge < -0.3 is 14.7 Å². The number of nitrogens with zero attached hydrogens (tertiary/aromatic N) is 1. The number of likely N-dealkylation sites (N-methyl/N-ethyl adjacent to an activating group) is 1. The molecule has 94 valence electrons. The minimum Gasteiger partial charge on any atom is -0.491 e. The van der Waals surface area contributed by atoms with E-state index < -0.39 is 0 Å². The third-order valence-corrected chi connectivity index (χ3v) is 3.31. The van der Waals surface area contributed by atoms with Crippen molar-refractivity contribution in [2.24, 2.45) is 0 Å². The highest BCUT2D eigenvalue weighted by atomic mass is 16.5. The zero-order valence-electron chi connectivity index (χ0n) is 10.4. The predicted octanol–water partition coefficient (Wildman–Crippen LogP) is 1.87. The van der Waals surface area contributed by atoms with Crippen molar-refractivity contribution in [2.75, 3.05) is 33.4 Å². The molecule has 0 amide bonds. The van der Waals surface area contributed by atoms with Gasteiger partial charge in [-0.1, -0.05) is 12.1 Å². The van der Waals surface area contributed by atoms with Crippen LogP contribution in [0, 0.1) is 0 Å². The van der Waals surface area contributed by atoms with Gasteiger partial charge in [-0.2, -0.15) is 0 Å². The van der Waals surface area contributed by atoms with E-state index in [0.717, 1.165) is 12.3 Å². The number of hydrogen-bond donors (Lipinski definition) is 1. The highest BCUT2D eigenvalue weighted by molar-refractivity contribution is 5.31. The molecule has 0 aromatic heterocycles. The Hall–Kier alpha value is -1.06. The first-order valence-electron chi connectivity index (χ1n) is 6.32. The van der Waals surface area contributed by atoms with E-state index in [1.165, 1.54) is 24.9 Å². The fraction of sp³-hybridized carbons (Fsp3) is 0.571. The predicted molar refractivity (Wildman–Crippen MR) is 68.5 cm³/mol. The van der Waals surface area contributed by atoms with Crippen LogP contribution in [-0.2, 0) is 0 Å². The first-order valence-corrected chi connectivity index (χ1v) is 6.32. The molecule has 0 bridgehead atoms. The van der Waals surface area contributed by atoms with Crippen LogP contribution in [0.2, 0.25) is 0 Å². The third kappa shape index (κ3) is 3.45. The summed E-state index contributed by atoms with van der Waals surface area (Å²) in [6, 6.07) is 8.28. The van der Waals surface area contributed by atoms with Gasteiger partial charge in [-0.25, -0.2) is 0 Å². The smallest absolute Gasteiger partial charge is 0.119 e. The largest absolute Gasteiger partial charge is 0.491 e. The topological polar surface area (TPSA) is 32.7 Å². The number of aliphatic hydroxyl groups is 1. The molecule has 1 aromatic rings. The second-order valence-corrected chi connectivity index (χ2v) is 4.75. The van der Waals surface area contributed by atoms with Crippen LogP contribution < -0.4 is 4.74 Å². The first kappa shape index (κ1) is 12.4. The van der Waals surface area contributed by atoms with Crippen LogP contribution >= 0.6 is 0 Å². The van der Waals surface area contributed by atoms with Crippen molar-refractivity contribution >= 4 is 0 Å². The first-order chi connectivity index (χ1) is 8.29. The van der Waals surface area contributed by atoms with E-state index in [9.17, 15) is 0 Å².